The highest BCUT2D eigenvalue weighted by molar-refractivity contribution is 7.89. The van der Waals surface area contributed by atoms with Gasteiger partial charge in [-0.15, -0.1) is 4.83 Å². The van der Waals surface area contributed by atoms with E-state index in [1.165, 1.54) is 18.2 Å². The van der Waals surface area contributed by atoms with Crippen LogP contribution in [0.5, 0.6) is 0 Å². The van der Waals surface area contributed by atoms with Crippen molar-refractivity contribution in [3.8, 4) is 0 Å². The lowest BCUT2D eigenvalue weighted by atomic mass is 10.4. The molecule has 0 fully saturated rings. The molecule has 0 aromatic heterocycles. The number of halogens is 2. The molecule has 0 bridgehead atoms. The van der Waals surface area contributed by atoms with E-state index in [9.17, 15) is 13.2 Å². The van der Waals surface area contributed by atoms with Crippen molar-refractivity contribution in [3.05, 3.63) is 28.2 Å². The van der Waals surface area contributed by atoms with Gasteiger partial charge in [-0.3, -0.25) is 0 Å². The molecule has 0 unspecified atom stereocenters. The third-order valence-electron chi connectivity index (χ3n) is 1.62. The van der Waals surface area contributed by atoms with Gasteiger partial charge in [-0.25, -0.2) is 18.6 Å². The number of sulfonamides is 1. The van der Waals surface area contributed by atoms with Gasteiger partial charge in [0.1, 0.15) is 0 Å². The SMILES string of the molecule is COC(=O)NNS(=O)(=O)c1cc(Cl)cc(Cl)c1. The molecule has 6 nitrogen and oxygen atoms in total. The number of benzene rings is 1. The monoisotopic (exact) mass is 298 g/mol. The number of hydrogen-bond acceptors (Lipinski definition) is 4. The van der Waals surface area contributed by atoms with Gasteiger partial charge < -0.3 is 4.74 Å². The molecule has 0 spiro atoms. The van der Waals surface area contributed by atoms with E-state index >= 15 is 0 Å². The molecule has 17 heavy (non-hydrogen) atoms. The van der Waals surface area contributed by atoms with Crippen LogP contribution >= 0.6 is 23.2 Å². The van der Waals surface area contributed by atoms with Crippen LogP contribution in [0.15, 0.2) is 23.1 Å². The molecule has 0 aliphatic rings. The van der Waals surface area contributed by atoms with Gasteiger partial charge in [0, 0.05) is 10.0 Å². The maximum atomic E-state index is 11.7. The first kappa shape index (κ1) is 14.0. The van der Waals surface area contributed by atoms with Gasteiger partial charge in [0.25, 0.3) is 10.0 Å². The quantitative estimate of drug-likeness (QED) is 0.829. The number of hydrazine groups is 1. The topological polar surface area (TPSA) is 84.5 Å². The summed E-state index contributed by atoms with van der Waals surface area (Å²) in [4.78, 5) is 12.3. The predicted molar refractivity (Wildman–Crippen MR) is 62.3 cm³/mol. The minimum atomic E-state index is -3.94. The Balaban J connectivity index is 2.93. The molecule has 0 radical (unpaired) electrons. The van der Waals surface area contributed by atoms with Crippen molar-refractivity contribution in [1.82, 2.24) is 10.3 Å². The van der Waals surface area contributed by atoms with Crippen LogP contribution in [0, 0.1) is 0 Å². The van der Waals surface area contributed by atoms with E-state index < -0.39 is 16.1 Å². The average Bonchev–Trinajstić information content (AvgIpc) is 2.24. The van der Waals surface area contributed by atoms with E-state index in [-0.39, 0.29) is 14.9 Å². The van der Waals surface area contributed by atoms with Crippen molar-refractivity contribution in [2.45, 2.75) is 4.90 Å². The number of amides is 1. The van der Waals surface area contributed by atoms with E-state index in [0.717, 1.165) is 7.11 Å². The van der Waals surface area contributed by atoms with Crippen molar-refractivity contribution in [1.29, 1.82) is 0 Å². The molecular weight excluding hydrogens is 291 g/mol. The number of hydrogen-bond donors (Lipinski definition) is 2. The standard InChI is InChI=1S/C8H8Cl2N2O4S/c1-16-8(13)11-12-17(14,15)7-3-5(9)2-6(10)4-7/h2-4,12H,1H3,(H,11,13). The van der Waals surface area contributed by atoms with Gasteiger partial charge in [-0.1, -0.05) is 23.2 Å². The van der Waals surface area contributed by atoms with E-state index in [1.807, 2.05) is 10.3 Å². The van der Waals surface area contributed by atoms with Gasteiger partial charge in [0.15, 0.2) is 0 Å². The molecule has 2 N–H and O–H groups in total. The minimum Gasteiger partial charge on any atom is -0.452 e. The zero-order chi connectivity index (χ0) is 13.1. The first-order chi connectivity index (χ1) is 7.85. The molecule has 0 heterocycles. The summed E-state index contributed by atoms with van der Waals surface area (Å²) >= 11 is 11.3. The van der Waals surface area contributed by atoms with Gasteiger partial charge >= 0.3 is 6.09 Å². The van der Waals surface area contributed by atoms with Gasteiger partial charge in [0.2, 0.25) is 0 Å². The molecule has 9 heteroatoms. The lowest BCUT2D eigenvalue weighted by Gasteiger charge is -2.07. The molecule has 0 saturated carbocycles. The molecule has 0 aliphatic heterocycles. The zero-order valence-corrected chi connectivity index (χ0v) is 10.9. The van der Waals surface area contributed by atoms with Crippen LogP contribution in [0.4, 0.5) is 4.79 Å². The van der Waals surface area contributed by atoms with E-state index in [0.29, 0.717) is 0 Å². The summed E-state index contributed by atoms with van der Waals surface area (Å²) in [5, 5.41) is 0.326. The number of methoxy groups -OCH3 is 1. The predicted octanol–water partition coefficient (Wildman–Crippen LogP) is 1.54. The molecule has 0 aliphatic carbocycles. The average molecular weight is 299 g/mol. The van der Waals surface area contributed by atoms with Crippen molar-refractivity contribution >= 4 is 39.3 Å². The highest BCUT2D eigenvalue weighted by Crippen LogP contribution is 2.21. The van der Waals surface area contributed by atoms with Crippen LogP contribution in [-0.4, -0.2) is 21.6 Å². The smallest absolute Gasteiger partial charge is 0.422 e. The van der Waals surface area contributed by atoms with Crippen LogP contribution < -0.4 is 10.3 Å². The lowest BCUT2D eigenvalue weighted by molar-refractivity contribution is 0.169. The normalized spacial score (nSPS) is 11.0. The number of carbonyl (C=O) groups is 1. The van der Waals surface area contributed by atoms with Crippen molar-refractivity contribution < 1.29 is 17.9 Å². The summed E-state index contributed by atoms with van der Waals surface area (Å²) in [5.41, 5.74) is 1.82. The highest BCUT2D eigenvalue weighted by Gasteiger charge is 2.16. The Morgan fingerprint density at radius 2 is 1.76 bits per heavy atom. The number of carbonyl (C=O) groups excluding carboxylic acids is 1. The number of ether oxygens (including phenoxy) is 1. The Kier molecular flexibility index (Phi) is 4.58. The molecule has 0 saturated heterocycles. The maximum Gasteiger partial charge on any atom is 0.422 e. The lowest BCUT2D eigenvalue weighted by Crippen LogP contribution is -2.41. The summed E-state index contributed by atoms with van der Waals surface area (Å²) in [7, 11) is -2.84. The minimum absolute atomic E-state index is 0.163. The first-order valence-electron chi connectivity index (χ1n) is 4.17. The fraction of sp³-hybridized carbons (Fsp3) is 0.125. The van der Waals surface area contributed by atoms with Crippen LogP contribution in [0.3, 0.4) is 0 Å². The van der Waals surface area contributed by atoms with Crippen molar-refractivity contribution in [3.63, 3.8) is 0 Å². The second-order valence-electron chi connectivity index (χ2n) is 2.83. The molecular formula is C8H8Cl2N2O4S. The fourth-order valence-electron chi connectivity index (χ4n) is 0.902. The van der Waals surface area contributed by atoms with Crippen LogP contribution in [0.1, 0.15) is 0 Å². The third kappa shape index (κ3) is 4.04. The second kappa shape index (κ2) is 5.54. The third-order valence-corrected chi connectivity index (χ3v) is 3.28. The summed E-state index contributed by atoms with van der Waals surface area (Å²) in [6.07, 6.45) is -0.943. The molecule has 1 rings (SSSR count). The summed E-state index contributed by atoms with van der Waals surface area (Å²) < 4.78 is 27.5. The molecule has 94 valence electrons. The Hall–Kier alpha value is -1.02. The number of nitrogens with one attached hydrogen (secondary N) is 2. The Bertz CT molecular complexity index is 512. The summed E-state index contributed by atoms with van der Waals surface area (Å²) in [6.45, 7) is 0. The van der Waals surface area contributed by atoms with Gasteiger partial charge in [0.05, 0.1) is 12.0 Å². The van der Waals surface area contributed by atoms with Crippen molar-refractivity contribution in [2.24, 2.45) is 0 Å². The van der Waals surface area contributed by atoms with Crippen LogP contribution in [0.25, 0.3) is 0 Å². The summed E-state index contributed by atoms with van der Waals surface area (Å²) in [5.74, 6) is 0. The first-order valence-corrected chi connectivity index (χ1v) is 6.41. The fourth-order valence-corrected chi connectivity index (χ4v) is 2.46. The Morgan fingerprint density at radius 3 is 2.24 bits per heavy atom. The van der Waals surface area contributed by atoms with E-state index in [2.05, 4.69) is 4.74 Å². The number of rotatable bonds is 3. The summed E-state index contributed by atoms with van der Waals surface area (Å²) in [6, 6.07) is 3.76. The van der Waals surface area contributed by atoms with E-state index in [1.54, 1.807) is 0 Å². The zero-order valence-electron chi connectivity index (χ0n) is 8.53. The molecule has 0 atom stereocenters. The van der Waals surface area contributed by atoms with Crippen molar-refractivity contribution in [2.75, 3.05) is 7.11 Å². The second-order valence-corrected chi connectivity index (χ2v) is 5.38. The largest absolute Gasteiger partial charge is 0.452 e. The van der Waals surface area contributed by atoms with Gasteiger partial charge in [-0.2, -0.15) is 0 Å². The molecule has 1 aromatic rings. The molecule has 1 aromatic carbocycles. The van der Waals surface area contributed by atoms with Gasteiger partial charge in [-0.05, 0) is 18.2 Å². The Labute approximate surface area is 108 Å². The van der Waals surface area contributed by atoms with Crippen LogP contribution in [-0.2, 0) is 14.8 Å². The van der Waals surface area contributed by atoms with Crippen LogP contribution in [0.2, 0.25) is 10.0 Å². The molecule has 1 amide bonds. The highest BCUT2D eigenvalue weighted by atomic mass is 35.5. The van der Waals surface area contributed by atoms with E-state index in [4.69, 9.17) is 23.2 Å². The maximum absolute atomic E-state index is 11.7. The Morgan fingerprint density at radius 1 is 1.24 bits per heavy atom.